The summed E-state index contributed by atoms with van der Waals surface area (Å²) >= 11 is 0. The molecule has 178 valence electrons. The van der Waals surface area contributed by atoms with E-state index >= 15 is 0 Å². The zero-order valence-electron chi connectivity index (χ0n) is 15.7. The molecule has 6 amide bonds. The highest BCUT2D eigenvalue weighted by atomic mass is 32.2. The van der Waals surface area contributed by atoms with Gasteiger partial charge in [-0.3, -0.25) is 16.0 Å². The second-order valence-electron chi connectivity index (χ2n) is 5.32. The van der Waals surface area contributed by atoms with Crippen LogP contribution in [0.1, 0.15) is 0 Å². The number of nitrogens with one attached hydrogen (secondary N) is 6. The Hall–Kier alpha value is -4.11. The summed E-state index contributed by atoms with van der Waals surface area (Å²) in [5.41, 5.74) is 0. The molecule has 0 fully saturated rings. The minimum Gasteiger partial charge on any atom is -0.275 e. The summed E-state index contributed by atoms with van der Waals surface area (Å²) in [4.78, 5) is 45.5. The maximum atomic E-state index is 12.2. The van der Waals surface area contributed by atoms with Crippen molar-refractivity contribution in [1.82, 2.24) is 29.1 Å². The molecule has 1 aromatic carbocycles. The first kappa shape index (κ1) is 25.2. The van der Waals surface area contributed by atoms with Gasteiger partial charge in [-0.05, 0) is 12.1 Å². The zero-order chi connectivity index (χ0) is 24.6. The average molecular weight is 523 g/mol. The molecule has 0 radical (unpaired) electrons. The monoisotopic (exact) mass is 523 g/mol. The standard InChI is InChI=1S/C12H13N9O9S3/c22-10(19-31(25)26)16-7-13-8(17-11(23)20-32(27)28)15-9(14-7)18-12(24)21-33(29,30)6-4-2-1-3-5-6/h1-5,31-32H,(H6,13,14,15,16,17,18,19,20,21,22,23,24,25,26,27,28). The summed E-state index contributed by atoms with van der Waals surface area (Å²) < 4.78 is 71.1. The lowest BCUT2D eigenvalue weighted by Gasteiger charge is -2.10. The largest absolute Gasteiger partial charge is 0.335 e. The van der Waals surface area contributed by atoms with Crippen LogP contribution in [0.3, 0.4) is 0 Å². The molecule has 33 heavy (non-hydrogen) atoms. The molecule has 0 unspecified atom stereocenters. The van der Waals surface area contributed by atoms with Gasteiger partial charge in [-0.15, -0.1) is 0 Å². The summed E-state index contributed by atoms with van der Waals surface area (Å²) in [6.07, 6.45) is 0. The number of hydrogen-bond donors (Lipinski definition) is 8. The first-order valence-electron chi connectivity index (χ1n) is 8.03. The van der Waals surface area contributed by atoms with E-state index in [1.54, 1.807) is 10.8 Å². The Morgan fingerprint density at radius 2 is 1.06 bits per heavy atom. The van der Waals surface area contributed by atoms with Gasteiger partial charge >= 0.3 is 18.1 Å². The number of nitrogens with zero attached hydrogens (tertiary/aromatic N) is 3. The topological polar surface area (TPSA) is 264 Å². The highest BCUT2D eigenvalue weighted by molar-refractivity contribution is 7.90. The van der Waals surface area contributed by atoms with Crippen molar-refractivity contribution in [2.24, 2.45) is 0 Å². The third-order valence-corrected chi connectivity index (χ3v) is 5.10. The minimum atomic E-state index is -4.29. The van der Waals surface area contributed by atoms with Crippen molar-refractivity contribution >= 4 is 67.7 Å². The Morgan fingerprint density at radius 3 is 1.45 bits per heavy atom. The quantitative estimate of drug-likeness (QED) is 0.178. The zero-order valence-corrected chi connectivity index (χ0v) is 18.3. The number of rotatable bonds is 7. The molecule has 0 atom stereocenters. The molecule has 1 heterocycles. The van der Waals surface area contributed by atoms with E-state index in [1.165, 1.54) is 33.7 Å². The molecule has 0 saturated carbocycles. The van der Waals surface area contributed by atoms with Gasteiger partial charge in [0.2, 0.25) is 39.6 Å². The molecule has 0 aliphatic heterocycles. The first-order valence-corrected chi connectivity index (χ1v) is 11.9. The van der Waals surface area contributed by atoms with Crippen LogP contribution >= 0.6 is 0 Å². The number of aromatic nitrogens is 3. The number of hydrogen-bond acceptors (Lipinski definition) is 12. The molecule has 1 aromatic heterocycles. The van der Waals surface area contributed by atoms with Crippen molar-refractivity contribution < 1.29 is 39.6 Å². The van der Waals surface area contributed by atoms with Crippen molar-refractivity contribution in [1.29, 1.82) is 0 Å². The highest BCUT2D eigenvalue weighted by Crippen LogP contribution is 2.11. The van der Waals surface area contributed by atoms with E-state index in [1.807, 2.05) is 16.0 Å². The fraction of sp³-hybridized carbons (Fsp3) is 0. The number of thiol groups is 2. The summed E-state index contributed by atoms with van der Waals surface area (Å²) in [5.74, 6) is -2.17. The number of benzene rings is 1. The number of carbonyl (C=O) groups is 3. The van der Waals surface area contributed by atoms with Gasteiger partial charge < -0.3 is 0 Å². The molecule has 0 spiro atoms. The van der Waals surface area contributed by atoms with Gasteiger partial charge in [0.1, 0.15) is 0 Å². The number of carbonyl (C=O) groups excluding carboxylic acids is 3. The van der Waals surface area contributed by atoms with E-state index in [-0.39, 0.29) is 4.90 Å². The number of amides is 6. The van der Waals surface area contributed by atoms with Crippen molar-refractivity contribution in [3.8, 4) is 0 Å². The SMILES string of the molecule is O=C(Nc1nc(NC(=O)N[SH](=O)=O)nc(NC(=O)NS(=O)(=O)c2ccccc2)n1)N[SH](=O)=O. The number of sulfonamides is 1. The normalized spacial score (nSPS) is 10.8. The maximum Gasteiger partial charge on any atom is 0.335 e. The van der Waals surface area contributed by atoms with Crippen LogP contribution in [-0.4, -0.2) is 58.3 Å². The van der Waals surface area contributed by atoms with Gasteiger partial charge in [0.15, 0.2) is 0 Å². The van der Waals surface area contributed by atoms with Gasteiger partial charge in [0.25, 0.3) is 10.0 Å². The summed E-state index contributed by atoms with van der Waals surface area (Å²) in [6, 6.07) is 2.76. The van der Waals surface area contributed by atoms with Gasteiger partial charge in [-0.1, -0.05) is 18.2 Å². The molecule has 18 nitrogen and oxygen atoms in total. The molecular weight excluding hydrogens is 510 g/mol. The van der Waals surface area contributed by atoms with E-state index < -0.39 is 67.7 Å². The lowest BCUT2D eigenvalue weighted by molar-refractivity contribution is 0.255. The molecule has 0 bridgehead atoms. The Balaban J connectivity index is 2.26. The highest BCUT2D eigenvalue weighted by Gasteiger charge is 2.19. The van der Waals surface area contributed by atoms with Gasteiger partial charge in [0, 0.05) is 0 Å². The molecular formula is C12H13N9O9S3. The molecule has 2 rings (SSSR count). The van der Waals surface area contributed by atoms with E-state index in [0.717, 1.165) is 0 Å². The van der Waals surface area contributed by atoms with Crippen LogP contribution in [-0.2, 0) is 31.8 Å². The number of urea groups is 3. The van der Waals surface area contributed by atoms with Crippen LogP contribution in [0.5, 0.6) is 0 Å². The third kappa shape index (κ3) is 8.50. The van der Waals surface area contributed by atoms with Crippen LogP contribution in [0.4, 0.5) is 32.2 Å². The van der Waals surface area contributed by atoms with E-state index in [0.29, 0.717) is 0 Å². The molecule has 0 aliphatic carbocycles. The Morgan fingerprint density at radius 1 is 0.667 bits per heavy atom. The van der Waals surface area contributed by atoms with Crippen LogP contribution < -0.4 is 30.1 Å². The second-order valence-corrected chi connectivity index (χ2v) is 8.48. The van der Waals surface area contributed by atoms with Crippen LogP contribution in [0.15, 0.2) is 35.2 Å². The molecule has 0 aliphatic rings. The Labute approximate surface area is 187 Å². The van der Waals surface area contributed by atoms with Crippen molar-refractivity contribution in [3.05, 3.63) is 30.3 Å². The lowest BCUT2D eigenvalue weighted by Crippen LogP contribution is -2.35. The molecule has 21 heteroatoms. The number of anilines is 3. The Bertz CT molecular complexity index is 1250. The third-order valence-electron chi connectivity index (χ3n) is 2.98. The van der Waals surface area contributed by atoms with Crippen LogP contribution in [0, 0.1) is 0 Å². The predicted octanol–water partition coefficient (Wildman–Crippen LogP) is -2.32. The predicted molar refractivity (Wildman–Crippen MR) is 111 cm³/mol. The fourth-order valence-electron chi connectivity index (χ4n) is 1.88. The summed E-state index contributed by atoms with van der Waals surface area (Å²) in [6.45, 7) is 0. The maximum absolute atomic E-state index is 12.2. The van der Waals surface area contributed by atoms with Crippen molar-refractivity contribution in [2.45, 2.75) is 4.90 Å². The van der Waals surface area contributed by atoms with E-state index in [9.17, 15) is 39.6 Å². The van der Waals surface area contributed by atoms with Crippen molar-refractivity contribution in [2.75, 3.05) is 16.0 Å². The molecule has 2 aromatic rings. The van der Waals surface area contributed by atoms with E-state index in [4.69, 9.17) is 0 Å². The second kappa shape index (κ2) is 11.0. The van der Waals surface area contributed by atoms with Gasteiger partial charge in [0.05, 0.1) is 4.90 Å². The fourth-order valence-corrected chi connectivity index (χ4v) is 3.25. The lowest BCUT2D eigenvalue weighted by atomic mass is 10.4. The first-order chi connectivity index (χ1) is 15.4. The van der Waals surface area contributed by atoms with Crippen LogP contribution in [0.25, 0.3) is 0 Å². The summed E-state index contributed by atoms with van der Waals surface area (Å²) in [5, 5.41) is 5.58. The van der Waals surface area contributed by atoms with E-state index in [2.05, 4.69) is 15.0 Å². The summed E-state index contributed by atoms with van der Waals surface area (Å²) in [7, 11) is -11.0. The smallest absolute Gasteiger partial charge is 0.275 e. The van der Waals surface area contributed by atoms with Gasteiger partial charge in [-0.25, -0.2) is 53.8 Å². The average Bonchev–Trinajstić information content (AvgIpc) is 2.66. The molecule has 0 saturated heterocycles. The molecule has 6 N–H and O–H groups in total. The minimum absolute atomic E-state index is 0.243. The van der Waals surface area contributed by atoms with Crippen LogP contribution in [0.2, 0.25) is 0 Å². The van der Waals surface area contributed by atoms with Gasteiger partial charge in [-0.2, -0.15) is 15.0 Å². The van der Waals surface area contributed by atoms with Crippen molar-refractivity contribution in [3.63, 3.8) is 0 Å². The Kier molecular flexibility index (Phi) is 8.36.